The number of thioether (sulfide) groups is 1. The van der Waals surface area contributed by atoms with E-state index in [2.05, 4.69) is 39.1 Å². The topological polar surface area (TPSA) is 63.1 Å². The van der Waals surface area contributed by atoms with Gasteiger partial charge >= 0.3 is 0 Å². The fraction of sp³-hybridized carbons (Fsp3) is 0.636. The lowest BCUT2D eigenvalue weighted by molar-refractivity contribution is 0.861. The van der Waals surface area contributed by atoms with E-state index in [1.165, 1.54) is 11.8 Å². The van der Waals surface area contributed by atoms with Gasteiger partial charge in [-0.3, -0.25) is 0 Å². The van der Waals surface area contributed by atoms with Crippen LogP contribution in [0, 0.1) is 5.92 Å². The van der Waals surface area contributed by atoms with Gasteiger partial charge in [-0.15, -0.1) is 0 Å². The summed E-state index contributed by atoms with van der Waals surface area (Å²) < 4.78 is 0. The van der Waals surface area contributed by atoms with E-state index in [4.69, 9.17) is 0 Å². The molecule has 17 heavy (non-hydrogen) atoms. The molecule has 1 rings (SSSR count). The van der Waals surface area contributed by atoms with E-state index in [-0.39, 0.29) is 0 Å². The second-order valence-electron chi connectivity index (χ2n) is 3.88. The molecule has 0 atom stereocenters. The van der Waals surface area contributed by atoms with Crippen LogP contribution in [0.25, 0.3) is 0 Å². The van der Waals surface area contributed by atoms with Crippen LogP contribution < -0.4 is 5.32 Å². The van der Waals surface area contributed by atoms with E-state index in [0.717, 1.165) is 12.3 Å². The largest absolute Gasteiger partial charge is 0.354 e. The lowest BCUT2D eigenvalue weighted by Crippen LogP contribution is -2.06. The number of aliphatic imine (C=N–C) groups is 1. The molecule has 94 valence electrons. The van der Waals surface area contributed by atoms with Gasteiger partial charge < -0.3 is 5.32 Å². The van der Waals surface area contributed by atoms with Crippen molar-refractivity contribution in [3.05, 3.63) is 0 Å². The van der Waals surface area contributed by atoms with Crippen LogP contribution in [-0.4, -0.2) is 33.5 Å². The summed E-state index contributed by atoms with van der Waals surface area (Å²) in [5, 5.41) is 3.77. The van der Waals surface area contributed by atoms with Gasteiger partial charge in [0.1, 0.15) is 0 Å². The molecule has 0 fully saturated rings. The van der Waals surface area contributed by atoms with Crippen molar-refractivity contribution in [1.82, 2.24) is 15.0 Å². The van der Waals surface area contributed by atoms with Gasteiger partial charge in [0, 0.05) is 12.3 Å². The fourth-order valence-corrected chi connectivity index (χ4v) is 1.36. The van der Waals surface area contributed by atoms with E-state index in [9.17, 15) is 0 Å². The predicted octanol–water partition coefficient (Wildman–Crippen LogP) is 2.77. The Labute approximate surface area is 107 Å². The molecule has 0 saturated heterocycles. The van der Waals surface area contributed by atoms with Gasteiger partial charge in [0.05, 0.1) is 0 Å². The van der Waals surface area contributed by atoms with Crippen LogP contribution in [0.4, 0.5) is 11.9 Å². The van der Waals surface area contributed by atoms with Crippen molar-refractivity contribution in [1.29, 1.82) is 0 Å². The Bertz CT molecular complexity index is 403. The highest BCUT2D eigenvalue weighted by Crippen LogP contribution is 2.16. The zero-order valence-electron chi connectivity index (χ0n) is 11.0. The van der Waals surface area contributed by atoms with Gasteiger partial charge in [0.2, 0.25) is 5.95 Å². The number of nitrogens with zero attached hydrogens (tertiary/aromatic N) is 4. The van der Waals surface area contributed by atoms with E-state index in [1.807, 2.05) is 20.1 Å². The van der Waals surface area contributed by atoms with E-state index in [1.54, 1.807) is 0 Å². The Balaban J connectivity index is 3.06. The molecule has 0 aliphatic carbocycles. The minimum atomic E-state index is 0.395. The summed E-state index contributed by atoms with van der Waals surface area (Å²) in [5.74, 6) is 1.46. The molecule has 6 heteroatoms. The average molecular weight is 253 g/mol. The Kier molecular flexibility index (Phi) is 5.34. The van der Waals surface area contributed by atoms with Crippen molar-refractivity contribution >= 4 is 29.4 Å². The molecule has 0 amide bonds. The standard InChI is InChI=1S/C11H19N5S/c1-6-12-9-14-10(13-8(4)7(2)3)16-11(15-9)17-5/h7H,6H2,1-5H3,(H,12,14,15,16). The maximum Gasteiger partial charge on any atom is 0.255 e. The van der Waals surface area contributed by atoms with E-state index in [0.29, 0.717) is 23.0 Å². The average Bonchev–Trinajstić information content (AvgIpc) is 2.28. The zero-order valence-corrected chi connectivity index (χ0v) is 11.8. The molecule has 1 aromatic heterocycles. The molecule has 1 heterocycles. The second-order valence-corrected chi connectivity index (χ2v) is 4.66. The molecule has 0 bridgehead atoms. The summed E-state index contributed by atoms with van der Waals surface area (Å²) in [4.78, 5) is 17.2. The molecule has 0 aliphatic rings. The number of aromatic nitrogens is 3. The third-order valence-corrected chi connectivity index (χ3v) is 2.78. The van der Waals surface area contributed by atoms with Gasteiger partial charge in [-0.1, -0.05) is 25.6 Å². The SMILES string of the molecule is CCNc1nc(N=C(C)C(C)C)nc(SC)n1. The molecule has 5 nitrogen and oxygen atoms in total. The smallest absolute Gasteiger partial charge is 0.255 e. The number of anilines is 1. The van der Waals surface area contributed by atoms with Crippen LogP contribution in [0.15, 0.2) is 10.1 Å². The Morgan fingerprint density at radius 1 is 1.35 bits per heavy atom. The Hall–Kier alpha value is -1.17. The van der Waals surface area contributed by atoms with Crippen LogP contribution in [0.3, 0.4) is 0 Å². The van der Waals surface area contributed by atoms with Crippen molar-refractivity contribution in [3.63, 3.8) is 0 Å². The molecule has 0 aromatic carbocycles. The summed E-state index contributed by atoms with van der Waals surface area (Å²) in [6, 6.07) is 0. The minimum Gasteiger partial charge on any atom is -0.354 e. The zero-order chi connectivity index (χ0) is 12.8. The quantitative estimate of drug-likeness (QED) is 0.645. The highest BCUT2D eigenvalue weighted by molar-refractivity contribution is 7.98. The third kappa shape index (κ3) is 4.30. The van der Waals surface area contributed by atoms with Crippen molar-refractivity contribution < 1.29 is 0 Å². The summed E-state index contributed by atoms with van der Waals surface area (Å²) in [6.45, 7) is 8.97. The molecular formula is C11H19N5S. The highest BCUT2D eigenvalue weighted by Gasteiger charge is 2.06. The van der Waals surface area contributed by atoms with Crippen molar-refractivity contribution in [3.8, 4) is 0 Å². The summed E-state index contributed by atoms with van der Waals surface area (Å²) in [7, 11) is 0. The van der Waals surface area contributed by atoms with Gasteiger partial charge in [0.25, 0.3) is 5.95 Å². The normalized spacial score (nSPS) is 12.0. The first-order valence-electron chi connectivity index (χ1n) is 5.66. The molecule has 1 N–H and O–H groups in total. The lowest BCUT2D eigenvalue weighted by atomic mass is 10.1. The first-order chi connectivity index (χ1) is 8.06. The molecular weight excluding hydrogens is 234 g/mol. The lowest BCUT2D eigenvalue weighted by Gasteiger charge is -2.06. The monoisotopic (exact) mass is 253 g/mol. The van der Waals surface area contributed by atoms with Crippen LogP contribution >= 0.6 is 11.8 Å². The Morgan fingerprint density at radius 3 is 2.59 bits per heavy atom. The number of hydrogen-bond donors (Lipinski definition) is 1. The number of hydrogen-bond acceptors (Lipinski definition) is 6. The first-order valence-corrected chi connectivity index (χ1v) is 6.88. The third-order valence-electron chi connectivity index (χ3n) is 2.23. The highest BCUT2D eigenvalue weighted by atomic mass is 32.2. The van der Waals surface area contributed by atoms with Gasteiger partial charge in [-0.25, -0.2) is 4.99 Å². The molecule has 0 unspecified atom stereocenters. The van der Waals surface area contributed by atoms with Gasteiger partial charge in [0.15, 0.2) is 5.16 Å². The number of nitrogens with one attached hydrogen (secondary N) is 1. The summed E-state index contributed by atoms with van der Waals surface area (Å²) in [6.07, 6.45) is 1.94. The Morgan fingerprint density at radius 2 is 2.06 bits per heavy atom. The van der Waals surface area contributed by atoms with Crippen molar-refractivity contribution in [2.45, 2.75) is 32.9 Å². The fourth-order valence-electron chi connectivity index (χ4n) is 1.01. The predicted molar refractivity (Wildman–Crippen MR) is 73.4 cm³/mol. The van der Waals surface area contributed by atoms with E-state index < -0.39 is 0 Å². The summed E-state index contributed by atoms with van der Waals surface area (Å²) in [5.41, 5.74) is 1.02. The van der Waals surface area contributed by atoms with Gasteiger partial charge in [-0.2, -0.15) is 15.0 Å². The van der Waals surface area contributed by atoms with Crippen molar-refractivity contribution in [2.24, 2.45) is 10.9 Å². The van der Waals surface area contributed by atoms with Crippen LogP contribution in [0.1, 0.15) is 27.7 Å². The molecule has 0 saturated carbocycles. The maximum absolute atomic E-state index is 4.41. The van der Waals surface area contributed by atoms with Crippen molar-refractivity contribution in [2.75, 3.05) is 18.1 Å². The minimum absolute atomic E-state index is 0.395. The van der Waals surface area contributed by atoms with Crippen LogP contribution in [0.5, 0.6) is 0 Å². The van der Waals surface area contributed by atoms with Crippen LogP contribution in [-0.2, 0) is 0 Å². The van der Waals surface area contributed by atoms with Gasteiger partial charge in [-0.05, 0) is 26.0 Å². The molecule has 1 aromatic rings. The maximum atomic E-state index is 4.41. The number of rotatable bonds is 5. The van der Waals surface area contributed by atoms with E-state index >= 15 is 0 Å². The van der Waals surface area contributed by atoms with Crippen LogP contribution in [0.2, 0.25) is 0 Å². The first kappa shape index (κ1) is 13.9. The molecule has 0 aliphatic heterocycles. The molecule has 0 spiro atoms. The molecule has 0 radical (unpaired) electrons. The summed E-state index contributed by atoms with van der Waals surface area (Å²) >= 11 is 1.49. The second kappa shape index (κ2) is 6.54.